The molecule has 0 bridgehead atoms. The van der Waals surface area contributed by atoms with Crippen molar-refractivity contribution in [3.05, 3.63) is 64.6 Å². The summed E-state index contributed by atoms with van der Waals surface area (Å²) in [6.45, 7) is 6.92. The minimum Gasteiger partial charge on any atom is -0.485 e. The summed E-state index contributed by atoms with van der Waals surface area (Å²) in [6, 6.07) is 14.1. The molecule has 0 amide bonds. The van der Waals surface area contributed by atoms with E-state index >= 15 is 0 Å². The average Bonchev–Trinajstić information content (AvgIpc) is 3.13. The van der Waals surface area contributed by atoms with Gasteiger partial charge in [0.25, 0.3) is 0 Å². The van der Waals surface area contributed by atoms with Gasteiger partial charge < -0.3 is 10.5 Å². The Balaban J connectivity index is 0.00000361. The number of nitrogens with zero attached hydrogens (tertiary/aromatic N) is 2. The monoisotopic (exact) mass is 511 g/mol. The number of imidazole rings is 1. The molecule has 1 heterocycles. The normalized spacial score (nSPS) is 19.8. The van der Waals surface area contributed by atoms with Crippen molar-refractivity contribution in [3.63, 3.8) is 0 Å². The van der Waals surface area contributed by atoms with Gasteiger partial charge in [0.1, 0.15) is 5.75 Å². The van der Waals surface area contributed by atoms with Crippen molar-refractivity contribution in [2.24, 2.45) is 29.4 Å². The van der Waals surface area contributed by atoms with Crippen LogP contribution < -0.4 is 16.2 Å². The van der Waals surface area contributed by atoms with Gasteiger partial charge in [0.2, 0.25) is 5.91 Å². The van der Waals surface area contributed by atoms with Crippen LogP contribution >= 0.6 is 13.5 Å². The van der Waals surface area contributed by atoms with E-state index in [0.717, 1.165) is 19.3 Å². The third-order valence-electron chi connectivity index (χ3n) is 7.28. The Kier molecular flexibility index (Phi) is 9.19. The maximum absolute atomic E-state index is 13.8. The van der Waals surface area contributed by atoms with E-state index in [2.05, 4.69) is 20.8 Å². The number of aromatic nitrogens is 2. The number of ketones is 1. The molecule has 2 aromatic carbocycles. The van der Waals surface area contributed by atoms with E-state index in [1.807, 2.05) is 6.07 Å². The molecule has 1 aromatic heterocycles. The summed E-state index contributed by atoms with van der Waals surface area (Å²) in [5, 5.41) is 0. The van der Waals surface area contributed by atoms with Gasteiger partial charge in [-0.15, -0.1) is 0 Å². The Bertz CT molecular complexity index is 1270. The molecule has 0 saturated heterocycles. The summed E-state index contributed by atoms with van der Waals surface area (Å²) < 4.78 is 8.63. The fourth-order valence-electron chi connectivity index (χ4n) is 5.39. The van der Waals surface area contributed by atoms with Crippen LogP contribution in [0.3, 0.4) is 0 Å². The van der Waals surface area contributed by atoms with Crippen LogP contribution in [-0.2, 0) is 6.54 Å². The largest absolute Gasteiger partial charge is 0.485 e. The van der Waals surface area contributed by atoms with Crippen molar-refractivity contribution in [1.29, 1.82) is 0 Å². The molecule has 1 aliphatic carbocycles. The zero-order valence-electron chi connectivity index (χ0n) is 21.3. The fraction of sp³-hybridized carbons (Fsp3) is 0.464. The highest BCUT2D eigenvalue weighted by atomic mass is 32.1. The quantitative estimate of drug-likeness (QED) is 0.450. The molecule has 3 aromatic rings. The molecule has 0 aliphatic heterocycles. The summed E-state index contributed by atoms with van der Waals surface area (Å²) in [4.78, 5) is 39.7. The molecule has 1 fully saturated rings. The summed E-state index contributed by atoms with van der Waals surface area (Å²) >= 11 is 0. The van der Waals surface area contributed by atoms with Gasteiger partial charge in [0, 0.05) is 30.6 Å². The molecule has 3 atom stereocenters. The van der Waals surface area contributed by atoms with Crippen LogP contribution in [0.2, 0.25) is 0 Å². The van der Waals surface area contributed by atoms with Crippen LogP contribution in [0.1, 0.15) is 55.2 Å². The van der Waals surface area contributed by atoms with Gasteiger partial charge in [0.15, 0.2) is 12.4 Å². The SMILES string of the molecule is CC(C)[C@@H]1CC[C@@H](C)C[C@H]1C(=O)n1c(=O)n(CCN)c2cc(OCC(=O)c3ccccc3)ccc21.S. The van der Waals surface area contributed by atoms with E-state index < -0.39 is 0 Å². The van der Waals surface area contributed by atoms with Gasteiger partial charge in [-0.1, -0.05) is 57.5 Å². The second-order valence-corrected chi connectivity index (χ2v) is 10.1. The highest BCUT2D eigenvalue weighted by Gasteiger charge is 2.37. The van der Waals surface area contributed by atoms with Crippen molar-refractivity contribution in [2.45, 2.75) is 46.6 Å². The second kappa shape index (κ2) is 11.9. The van der Waals surface area contributed by atoms with Gasteiger partial charge in [-0.05, 0) is 42.7 Å². The summed E-state index contributed by atoms with van der Waals surface area (Å²) in [6.07, 6.45) is 2.90. The molecule has 194 valence electrons. The minimum absolute atomic E-state index is 0. The summed E-state index contributed by atoms with van der Waals surface area (Å²) in [7, 11) is 0. The van der Waals surface area contributed by atoms with Crippen molar-refractivity contribution in [1.82, 2.24) is 9.13 Å². The molecule has 1 saturated carbocycles. The number of hydrogen-bond donors (Lipinski definition) is 1. The summed E-state index contributed by atoms with van der Waals surface area (Å²) in [5.74, 6) is 1.08. The van der Waals surface area contributed by atoms with Crippen LogP contribution in [0.15, 0.2) is 53.3 Å². The number of benzene rings is 2. The number of carbonyl (C=O) groups is 2. The maximum atomic E-state index is 13.8. The van der Waals surface area contributed by atoms with Gasteiger partial charge in [-0.3, -0.25) is 14.2 Å². The minimum atomic E-state index is -0.367. The number of hydrogen-bond acceptors (Lipinski definition) is 5. The molecule has 8 heteroatoms. The van der Waals surface area contributed by atoms with Crippen LogP contribution in [0.5, 0.6) is 5.75 Å². The third kappa shape index (κ3) is 5.60. The number of carbonyl (C=O) groups excluding carboxylic acids is 2. The molecular formula is C28H37N3O4S. The zero-order chi connectivity index (χ0) is 25.1. The predicted molar refractivity (Wildman–Crippen MR) is 147 cm³/mol. The Labute approximate surface area is 219 Å². The van der Waals surface area contributed by atoms with Crippen LogP contribution in [-0.4, -0.2) is 34.0 Å². The smallest absolute Gasteiger partial charge is 0.336 e. The molecule has 36 heavy (non-hydrogen) atoms. The van der Waals surface area contributed by atoms with Crippen LogP contribution in [0, 0.1) is 23.7 Å². The molecule has 1 aliphatic rings. The van der Waals surface area contributed by atoms with Gasteiger partial charge >= 0.3 is 5.69 Å². The first-order chi connectivity index (χ1) is 16.8. The van der Waals surface area contributed by atoms with E-state index in [1.165, 1.54) is 9.13 Å². The molecular weight excluding hydrogens is 474 g/mol. The molecule has 4 rings (SSSR count). The zero-order valence-corrected chi connectivity index (χ0v) is 22.3. The number of rotatable bonds is 8. The van der Waals surface area contributed by atoms with Crippen molar-refractivity contribution >= 4 is 36.2 Å². The lowest BCUT2D eigenvalue weighted by molar-refractivity contribution is 0.0633. The predicted octanol–water partition coefficient (Wildman–Crippen LogP) is 4.48. The number of ether oxygens (including phenoxy) is 1. The van der Waals surface area contributed by atoms with E-state index in [0.29, 0.717) is 34.2 Å². The maximum Gasteiger partial charge on any atom is 0.336 e. The van der Waals surface area contributed by atoms with Crippen molar-refractivity contribution in [2.75, 3.05) is 13.2 Å². The van der Waals surface area contributed by atoms with Crippen LogP contribution in [0.25, 0.3) is 11.0 Å². The Morgan fingerprint density at radius 1 is 1.08 bits per heavy atom. The number of fused-ring (bicyclic) bond motifs is 1. The van der Waals surface area contributed by atoms with E-state index in [4.69, 9.17) is 10.5 Å². The van der Waals surface area contributed by atoms with Gasteiger partial charge in [0.05, 0.1) is 11.0 Å². The lowest BCUT2D eigenvalue weighted by Gasteiger charge is -2.36. The third-order valence-corrected chi connectivity index (χ3v) is 7.28. The molecule has 2 N–H and O–H groups in total. The Morgan fingerprint density at radius 2 is 1.81 bits per heavy atom. The first-order valence-electron chi connectivity index (χ1n) is 12.5. The molecule has 0 unspecified atom stereocenters. The number of Topliss-reactive ketones (excluding diaryl/α,β-unsaturated/α-hetero) is 1. The van der Waals surface area contributed by atoms with Crippen molar-refractivity contribution in [3.8, 4) is 5.75 Å². The standard InChI is InChI=1S/C28H35N3O4.H2S/c1-18(2)22-11-9-19(3)15-23(22)27(33)31-24-12-10-21(16-25(24)30(14-13-29)28(31)34)35-17-26(32)20-7-5-4-6-8-20;/h4-8,10,12,16,18-19,22-23H,9,11,13-15,17,29H2,1-3H3;1H2/t19-,22+,23-;/m1./s1. The van der Waals surface area contributed by atoms with Crippen molar-refractivity contribution < 1.29 is 14.3 Å². The van der Waals surface area contributed by atoms with Crippen LogP contribution in [0.4, 0.5) is 0 Å². The van der Waals surface area contributed by atoms with Gasteiger partial charge in [-0.25, -0.2) is 9.36 Å². The van der Waals surface area contributed by atoms with E-state index in [9.17, 15) is 14.4 Å². The Morgan fingerprint density at radius 3 is 2.47 bits per heavy atom. The molecule has 7 nitrogen and oxygen atoms in total. The molecule has 0 spiro atoms. The van der Waals surface area contributed by atoms with E-state index in [1.54, 1.807) is 42.5 Å². The lowest BCUT2D eigenvalue weighted by Crippen LogP contribution is -2.40. The van der Waals surface area contributed by atoms with Gasteiger partial charge in [-0.2, -0.15) is 13.5 Å². The highest BCUT2D eigenvalue weighted by Crippen LogP contribution is 2.39. The fourth-order valence-corrected chi connectivity index (χ4v) is 5.39. The first kappa shape index (κ1) is 27.7. The lowest BCUT2D eigenvalue weighted by atomic mass is 9.69. The first-order valence-corrected chi connectivity index (χ1v) is 12.5. The molecule has 0 radical (unpaired) electrons. The summed E-state index contributed by atoms with van der Waals surface area (Å²) in [5.41, 5.74) is 7.15. The average molecular weight is 512 g/mol. The highest BCUT2D eigenvalue weighted by molar-refractivity contribution is 7.59. The number of nitrogens with two attached hydrogens (primary N) is 1. The topological polar surface area (TPSA) is 96.3 Å². The Hall–Kier alpha value is -2.84. The van der Waals surface area contributed by atoms with E-state index in [-0.39, 0.29) is 62.4 Å². The second-order valence-electron chi connectivity index (χ2n) is 10.1.